The molecule has 0 unspecified atom stereocenters. The minimum Gasteiger partial charge on any atom is -0.487 e. The topological polar surface area (TPSA) is 35.5 Å². The number of hydrogen-bond acceptors (Lipinski definition) is 3. The molecule has 1 heterocycles. The van der Waals surface area contributed by atoms with Gasteiger partial charge in [-0.3, -0.25) is 0 Å². The first-order chi connectivity index (χ1) is 12.0. The summed E-state index contributed by atoms with van der Waals surface area (Å²) in [7, 11) is -1.95. The molecule has 2 rings (SSSR count). The van der Waals surface area contributed by atoms with Crippen LogP contribution in [0.3, 0.4) is 0 Å². The normalized spacial score (nSPS) is 18.8. The molecule has 1 aliphatic rings. The summed E-state index contributed by atoms with van der Waals surface area (Å²) in [6.07, 6.45) is 3.73. The summed E-state index contributed by atoms with van der Waals surface area (Å²) in [5.74, 6) is 0.751. The van der Waals surface area contributed by atoms with Gasteiger partial charge in [0.15, 0.2) is 8.32 Å². The molecule has 0 N–H and O–H groups in total. The molecular formula is C21H33FO3Si. The summed E-state index contributed by atoms with van der Waals surface area (Å²) in [6, 6.07) is 4.72. The van der Waals surface area contributed by atoms with Gasteiger partial charge in [-0.2, -0.15) is 0 Å². The van der Waals surface area contributed by atoms with Crippen LogP contribution in [0, 0.1) is 5.82 Å². The Kier molecular flexibility index (Phi) is 6.67. The fourth-order valence-electron chi connectivity index (χ4n) is 3.07. The van der Waals surface area contributed by atoms with Gasteiger partial charge in [0.1, 0.15) is 23.5 Å². The maximum Gasteiger partial charge on any atom is 0.192 e. The number of benzene rings is 1. The van der Waals surface area contributed by atoms with E-state index >= 15 is 0 Å². The van der Waals surface area contributed by atoms with E-state index in [1.54, 1.807) is 19.1 Å². The standard InChI is InChI=1S/C21H33FO3Si/c1-15(23)8-7-9-20(25-26(5,6)21(2,3)4)19-12-10-16-14-17(22)11-13-18(16)24-19/h11,13-14,19-20H,7-10,12H2,1-6H3/t19-,20-/m1/s1. The lowest BCUT2D eigenvalue weighted by molar-refractivity contribution is -0.117. The van der Waals surface area contributed by atoms with Gasteiger partial charge in [0, 0.05) is 6.42 Å². The van der Waals surface area contributed by atoms with Crippen molar-refractivity contribution in [3.05, 3.63) is 29.6 Å². The molecule has 146 valence electrons. The molecule has 0 saturated carbocycles. The number of halogens is 1. The van der Waals surface area contributed by atoms with Gasteiger partial charge in [0.2, 0.25) is 0 Å². The molecule has 0 aromatic heterocycles. The Morgan fingerprint density at radius 2 is 2.08 bits per heavy atom. The van der Waals surface area contributed by atoms with Gasteiger partial charge in [-0.05, 0) is 74.5 Å². The highest BCUT2D eigenvalue weighted by Crippen LogP contribution is 2.39. The number of carbonyl (C=O) groups is 1. The minimum atomic E-state index is -1.95. The van der Waals surface area contributed by atoms with Crippen LogP contribution in [0.15, 0.2) is 18.2 Å². The van der Waals surface area contributed by atoms with Crippen molar-refractivity contribution in [3.63, 3.8) is 0 Å². The molecule has 0 spiro atoms. The van der Waals surface area contributed by atoms with Crippen molar-refractivity contribution >= 4 is 14.1 Å². The highest BCUT2D eigenvalue weighted by atomic mass is 28.4. The molecule has 3 nitrogen and oxygen atoms in total. The van der Waals surface area contributed by atoms with Crippen molar-refractivity contribution in [1.82, 2.24) is 0 Å². The van der Waals surface area contributed by atoms with Crippen molar-refractivity contribution < 1.29 is 18.3 Å². The largest absolute Gasteiger partial charge is 0.487 e. The van der Waals surface area contributed by atoms with Gasteiger partial charge >= 0.3 is 0 Å². The number of ketones is 1. The lowest BCUT2D eigenvalue weighted by Crippen LogP contribution is -2.49. The van der Waals surface area contributed by atoms with Gasteiger partial charge in [0.25, 0.3) is 0 Å². The van der Waals surface area contributed by atoms with Crippen molar-refractivity contribution in [1.29, 1.82) is 0 Å². The SMILES string of the molecule is CC(=O)CCC[C@@H](O[Si](C)(C)C(C)(C)C)[C@H]1CCc2cc(F)ccc2O1. The zero-order chi connectivity index (χ0) is 19.5. The fourth-order valence-corrected chi connectivity index (χ4v) is 4.45. The molecule has 0 radical (unpaired) electrons. The second-order valence-electron chi connectivity index (χ2n) is 8.96. The second-order valence-corrected chi connectivity index (χ2v) is 13.7. The number of aryl methyl sites for hydroxylation is 1. The summed E-state index contributed by atoms with van der Waals surface area (Å²) < 4.78 is 26.3. The number of rotatable bonds is 7. The zero-order valence-corrected chi connectivity index (χ0v) is 18.0. The van der Waals surface area contributed by atoms with E-state index in [1.165, 1.54) is 6.07 Å². The number of hydrogen-bond donors (Lipinski definition) is 0. The van der Waals surface area contributed by atoms with E-state index < -0.39 is 8.32 Å². The average Bonchev–Trinajstić information content (AvgIpc) is 2.52. The highest BCUT2D eigenvalue weighted by molar-refractivity contribution is 6.74. The Morgan fingerprint density at radius 3 is 2.69 bits per heavy atom. The molecule has 0 amide bonds. The third-order valence-electron chi connectivity index (χ3n) is 5.68. The fraction of sp³-hybridized carbons (Fsp3) is 0.667. The summed E-state index contributed by atoms with van der Waals surface area (Å²) in [5, 5.41) is 0.113. The third-order valence-corrected chi connectivity index (χ3v) is 10.2. The molecule has 5 heteroatoms. The van der Waals surface area contributed by atoms with Gasteiger partial charge < -0.3 is 14.0 Å². The smallest absolute Gasteiger partial charge is 0.192 e. The maximum absolute atomic E-state index is 13.4. The first-order valence-electron chi connectivity index (χ1n) is 9.62. The lowest BCUT2D eigenvalue weighted by Gasteiger charge is -2.42. The van der Waals surface area contributed by atoms with Gasteiger partial charge in [0.05, 0.1) is 6.10 Å². The molecule has 2 atom stereocenters. The van der Waals surface area contributed by atoms with E-state index in [2.05, 4.69) is 33.9 Å². The minimum absolute atomic E-state index is 0.0338. The quantitative estimate of drug-likeness (QED) is 0.572. The highest BCUT2D eigenvalue weighted by Gasteiger charge is 2.41. The number of carbonyl (C=O) groups excluding carboxylic acids is 1. The second kappa shape index (κ2) is 8.22. The van der Waals surface area contributed by atoms with Gasteiger partial charge in [-0.25, -0.2) is 4.39 Å². The molecular weight excluding hydrogens is 347 g/mol. The molecule has 1 aromatic carbocycles. The van der Waals surface area contributed by atoms with Crippen LogP contribution >= 0.6 is 0 Å². The predicted molar refractivity (Wildman–Crippen MR) is 106 cm³/mol. The predicted octanol–water partition coefficient (Wildman–Crippen LogP) is 5.67. The van der Waals surface area contributed by atoms with Crippen LogP contribution in [-0.2, 0) is 15.6 Å². The molecule has 26 heavy (non-hydrogen) atoms. The van der Waals surface area contributed by atoms with E-state index in [-0.39, 0.29) is 28.8 Å². The Labute approximate surface area is 158 Å². The molecule has 0 fully saturated rings. The number of Topliss-reactive ketones (excluding diaryl/α,β-unsaturated/α-hetero) is 1. The van der Waals surface area contributed by atoms with E-state index in [4.69, 9.17) is 9.16 Å². The van der Waals surface area contributed by atoms with Crippen molar-refractivity contribution in [2.45, 2.75) is 90.1 Å². The zero-order valence-electron chi connectivity index (χ0n) is 17.0. The summed E-state index contributed by atoms with van der Waals surface area (Å²) in [4.78, 5) is 11.3. The van der Waals surface area contributed by atoms with Crippen molar-refractivity contribution in [2.75, 3.05) is 0 Å². The van der Waals surface area contributed by atoms with Crippen LogP contribution in [0.1, 0.15) is 58.9 Å². The Morgan fingerprint density at radius 1 is 1.38 bits per heavy atom. The van der Waals surface area contributed by atoms with E-state index in [0.717, 1.165) is 37.0 Å². The average molecular weight is 381 g/mol. The summed E-state index contributed by atoms with van der Waals surface area (Å²) >= 11 is 0. The van der Waals surface area contributed by atoms with Gasteiger partial charge in [-0.1, -0.05) is 20.8 Å². The summed E-state index contributed by atoms with van der Waals surface area (Å²) in [5.41, 5.74) is 0.927. The van der Waals surface area contributed by atoms with Crippen molar-refractivity contribution in [3.8, 4) is 5.75 Å². The van der Waals surface area contributed by atoms with Crippen LogP contribution in [-0.4, -0.2) is 26.3 Å². The first kappa shape index (κ1) is 21.1. The van der Waals surface area contributed by atoms with Crippen LogP contribution in [0.25, 0.3) is 0 Å². The maximum atomic E-state index is 13.4. The van der Waals surface area contributed by atoms with Crippen LogP contribution in [0.2, 0.25) is 18.1 Å². The Balaban J connectivity index is 2.15. The number of ether oxygens (including phenoxy) is 1. The molecule has 0 aliphatic carbocycles. The molecule has 0 bridgehead atoms. The Bertz CT molecular complexity index is 637. The van der Waals surface area contributed by atoms with Gasteiger partial charge in [-0.15, -0.1) is 0 Å². The van der Waals surface area contributed by atoms with Crippen molar-refractivity contribution in [2.24, 2.45) is 0 Å². The number of fused-ring (bicyclic) bond motifs is 1. The monoisotopic (exact) mass is 380 g/mol. The van der Waals surface area contributed by atoms with Crippen LogP contribution in [0.4, 0.5) is 4.39 Å². The third kappa shape index (κ3) is 5.40. The lowest BCUT2D eigenvalue weighted by atomic mass is 9.96. The molecule has 0 saturated heterocycles. The van der Waals surface area contributed by atoms with Crippen LogP contribution in [0.5, 0.6) is 5.75 Å². The van der Waals surface area contributed by atoms with E-state index in [1.807, 2.05) is 0 Å². The van der Waals surface area contributed by atoms with E-state index in [9.17, 15) is 9.18 Å². The van der Waals surface area contributed by atoms with E-state index in [0.29, 0.717) is 6.42 Å². The first-order valence-corrected chi connectivity index (χ1v) is 12.5. The Hall–Kier alpha value is -1.20. The molecule has 1 aliphatic heterocycles. The van der Waals surface area contributed by atoms with Crippen LogP contribution < -0.4 is 4.74 Å². The molecule has 1 aromatic rings. The summed E-state index contributed by atoms with van der Waals surface area (Å²) in [6.45, 7) is 12.8.